The Morgan fingerprint density at radius 1 is 1.38 bits per heavy atom. The molecule has 1 amide bonds. The average Bonchev–Trinajstić information content (AvgIpc) is 3.28. The molecule has 1 atom stereocenters. The second-order valence-electron chi connectivity index (χ2n) is 5.87. The second-order valence-corrected chi connectivity index (χ2v) is 6.82. The summed E-state index contributed by atoms with van der Waals surface area (Å²) in [4.78, 5) is 17.5. The first-order valence-electron chi connectivity index (χ1n) is 8.22. The molecule has 0 saturated carbocycles. The van der Waals surface area contributed by atoms with Crippen molar-refractivity contribution in [1.29, 1.82) is 0 Å². The van der Waals surface area contributed by atoms with Gasteiger partial charge in [0.2, 0.25) is 5.89 Å². The predicted octanol–water partition coefficient (Wildman–Crippen LogP) is 3.40. The topological polar surface area (TPSA) is 84.6 Å². The fourth-order valence-corrected chi connectivity index (χ4v) is 2.94. The lowest BCUT2D eigenvalue weighted by Crippen LogP contribution is -2.30. The number of carbonyl (C=O) groups is 1. The number of nitrogens with one attached hydrogen (secondary N) is 1. The number of hydrogen-bond donors (Lipinski definition) is 2. The van der Waals surface area contributed by atoms with Gasteiger partial charge in [0.15, 0.2) is 0 Å². The van der Waals surface area contributed by atoms with Gasteiger partial charge >= 0.3 is 0 Å². The van der Waals surface area contributed by atoms with Gasteiger partial charge in [0.1, 0.15) is 23.8 Å². The third-order valence-corrected chi connectivity index (χ3v) is 4.51. The number of hydrogen-bond acceptors (Lipinski definition) is 6. The van der Waals surface area contributed by atoms with Gasteiger partial charge in [0.05, 0.1) is 11.0 Å². The van der Waals surface area contributed by atoms with Crippen LogP contribution in [0.15, 0.2) is 46.2 Å². The largest absolute Gasteiger partial charge is 0.487 e. The van der Waals surface area contributed by atoms with Crippen molar-refractivity contribution in [3.05, 3.63) is 58.8 Å². The summed E-state index contributed by atoms with van der Waals surface area (Å²) < 4.78 is 11.5. The molecular formula is C19H20N2O4S. The standard InChI is InChI=1S/C19H20N2O4S/c1-12(22)10-20-18(23)14-5-3-6-15(9-14)24-11-16-13(2)25-19(21-16)17-7-4-8-26-17/h3-9,12,22H,10-11H2,1-2H3,(H,20,23). The number of aryl methyl sites for hydroxylation is 1. The Morgan fingerprint density at radius 2 is 2.23 bits per heavy atom. The highest BCUT2D eigenvalue weighted by molar-refractivity contribution is 7.13. The number of carbonyl (C=O) groups excluding carboxylic acids is 1. The van der Waals surface area contributed by atoms with Crippen molar-refractivity contribution in [3.63, 3.8) is 0 Å². The monoisotopic (exact) mass is 372 g/mol. The first-order valence-corrected chi connectivity index (χ1v) is 9.10. The summed E-state index contributed by atoms with van der Waals surface area (Å²) in [5.41, 5.74) is 1.19. The lowest BCUT2D eigenvalue weighted by atomic mass is 10.2. The number of amides is 1. The van der Waals surface area contributed by atoms with Crippen LogP contribution in [0.5, 0.6) is 5.75 Å². The third-order valence-electron chi connectivity index (χ3n) is 3.65. The van der Waals surface area contributed by atoms with Gasteiger partial charge in [-0.25, -0.2) is 4.98 Å². The Balaban J connectivity index is 1.65. The third kappa shape index (κ3) is 4.50. The van der Waals surface area contributed by atoms with Gasteiger partial charge in [-0.15, -0.1) is 11.3 Å². The zero-order valence-corrected chi connectivity index (χ0v) is 15.4. The minimum absolute atomic E-state index is 0.202. The van der Waals surface area contributed by atoms with E-state index in [1.807, 2.05) is 24.4 Å². The smallest absolute Gasteiger partial charge is 0.251 e. The van der Waals surface area contributed by atoms with Crippen molar-refractivity contribution in [2.45, 2.75) is 26.6 Å². The maximum Gasteiger partial charge on any atom is 0.251 e. The molecule has 0 spiro atoms. The van der Waals surface area contributed by atoms with Gasteiger partial charge in [-0.3, -0.25) is 4.79 Å². The highest BCUT2D eigenvalue weighted by Crippen LogP contribution is 2.26. The van der Waals surface area contributed by atoms with Crippen LogP contribution in [0.4, 0.5) is 0 Å². The van der Waals surface area contributed by atoms with Gasteiger partial charge < -0.3 is 19.6 Å². The molecule has 0 saturated heterocycles. The molecule has 7 heteroatoms. The molecule has 0 aliphatic carbocycles. The quantitative estimate of drug-likeness (QED) is 0.664. The summed E-state index contributed by atoms with van der Waals surface area (Å²) >= 11 is 1.56. The molecule has 2 heterocycles. The van der Waals surface area contributed by atoms with E-state index in [1.54, 1.807) is 42.5 Å². The number of aliphatic hydroxyl groups excluding tert-OH is 1. The highest BCUT2D eigenvalue weighted by atomic mass is 32.1. The van der Waals surface area contributed by atoms with Crippen molar-refractivity contribution in [3.8, 4) is 16.5 Å². The van der Waals surface area contributed by atoms with Crippen LogP contribution in [0, 0.1) is 6.92 Å². The van der Waals surface area contributed by atoms with Gasteiger partial charge in [-0.1, -0.05) is 12.1 Å². The van der Waals surface area contributed by atoms with Crippen molar-refractivity contribution in [1.82, 2.24) is 10.3 Å². The number of thiophene rings is 1. The van der Waals surface area contributed by atoms with Crippen molar-refractivity contribution in [2.75, 3.05) is 6.54 Å². The lowest BCUT2D eigenvalue weighted by Gasteiger charge is -2.09. The fourth-order valence-electron chi connectivity index (χ4n) is 2.29. The van der Waals surface area contributed by atoms with Crippen LogP contribution in [0.1, 0.15) is 28.7 Å². The van der Waals surface area contributed by atoms with E-state index in [9.17, 15) is 9.90 Å². The van der Waals surface area contributed by atoms with Gasteiger partial charge in [-0.2, -0.15) is 0 Å². The molecule has 1 aromatic carbocycles. The first-order chi connectivity index (χ1) is 12.5. The van der Waals surface area contributed by atoms with Crippen LogP contribution >= 0.6 is 11.3 Å². The molecule has 0 aliphatic heterocycles. The Morgan fingerprint density at radius 3 is 2.96 bits per heavy atom. The molecule has 0 aliphatic rings. The molecule has 136 valence electrons. The number of ether oxygens (including phenoxy) is 1. The van der Waals surface area contributed by atoms with E-state index in [4.69, 9.17) is 9.15 Å². The number of aliphatic hydroxyl groups is 1. The number of rotatable bonds is 7. The fraction of sp³-hybridized carbons (Fsp3) is 0.263. The van der Waals surface area contributed by atoms with E-state index in [0.29, 0.717) is 23.0 Å². The minimum atomic E-state index is -0.592. The Bertz CT molecular complexity index is 872. The van der Waals surface area contributed by atoms with E-state index in [1.165, 1.54) is 0 Å². The second kappa shape index (κ2) is 8.16. The SMILES string of the molecule is Cc1oc(-c2cccs2)nc1COc1cccc(C(=O)NCC(C)O)c1. The van der Waals surface area contributed by atoms with Crippen molar-refractivity contribution < 1.29 is 19.1 Å². The van der Waals surface area contributed by atoms with Gasteiger partial charge in [0.25, 0.3) is 5.91 Å². The van der Waals surface area contributed by atoms with Crippen molar-refractivity contribution in [2.24, 2.45) is 0 Å². The lowest BCUT2D eigenvalue weighted by molar-refractivity contribution is 0.0923. The summed E-state index contributed by atoms with van der Waals surface area (Å²) in [5, 5.41) is 13.9. The molecule has 1 unspecified atom stereocenters. The molecule has 0 bridgehead atoms. The molecule has 3 rings (SSSR count). The van der Waals surface area contributed by atoms with Gasteiger partial charge in [0, 0.05) is 12.1 Å². The molecule has 2 N–H and O–H groups in total. The van der Waals surface area contributed by atoms with Crippen LogP contribution in [0.3, 0.4) is 0 Å². The minimum Gasteiger partial charge on any atom is -0.487 e. The van der Waals surface area contributed by atoms with Crippen LogP contribution in [-0.4, -0.2) is 28.6 Å². The summed E-state index contributed by atoms with van der Waals surface area (Å²) in [6.45, 7) is 3.92. The van der Waals surface area contributed by atoms with E-state index < -0.39 is 6.10 Å². The van der Waals surface area contributed by atoms with Crippen LogP contribution in [0.2, 0.25) is 0 Å². The highest BCUT2D eigenvalue weighted by Gasteiger charge is 2.13. The zero-order chi connectivity index (χ0) is 18.5. The molecule has 0 fully saturated rings. The Labute approximate surface area is 155 Å². The Hall–Kier alpha value is -2.64. The summed E-state index contributed by atoms with van der Waals surface area (Å²) in [6, 6.07) is 10.8. The number of benzene rings is 1. The van der Waals surface area contributed by atoms with E-state index in [-0.39, 0.29) is 19.1 Å². The van der Waals surface area contributed by atoms with Crippen LogP contribution < -0.4 is 10.1 Å². The zero-order valence-electron chi connectivity index (χ0n) is 14.6. The van der Waals surface area contributed by atoms with E-state index in [0.717, 1.165) is 10.6 Å². The molecule has 3 aromatic rings. The van der Waals surface area contributed by atoms with Crippen LogP contribution in [0.25, 0.3) is 10.8 Å². The summed E-state index contributed by atoms with van der Waals surface area (Å²) in [6.07, 6.45) is -0.592. The molecule has 0 radical (unpaired) electrons. The van der Waals surface area contributed by atoms with E-state index >= 15 is 0 Å². The predicted molar refractivity (Wildman–Crippen MR) is 99.3 cm³/mol. The number of oxazole rings is 1. The normalized spacial score (nSPS) is 12.0. The molecule has 6 nitrogen and oxygen atoms in total. The van der Waals surface area contributed by atoms with E-state index in [2.05, 4.69) is 10.3 Å². The summed E-state index contributed by atoms with van der Waals surface area (Å²) in [7, 11) is 0. The van der Waals surface area contributed by atoms with Gasteiger partial charge in [-0.05, 0) is 43.5 Å². The Kier molecular flexibility index (Phi) is 5.70. The maximum atomic E-state index is 12.1. The molecule has 2 aromatic heterocycles. The number of aromatic nitrogens is 1. The average molecular weight is 372 g/mol. The van der Waals surface area contributed by atoms with Crippen LogP contribution in [-0.2, 0) is 6.61 Å². The molecule has 26 heavy (non-hydrogen) atoms. The molecular weight excluding hydrogens is 352 g/mol. The first kappa shape index (κ1) is 18.2. The maximum absolute atomic E-state index is 12.1. The number of nitrogens with zero attached hydrogens (tertiary/aromatic N) is 1. The summed E-state index contributed by atoms with van der Waals surface area (Å²) in [5.74, 6) is 1.60. The van der Waals surface area contributed by atoms with Crippen molar-refractivity contribution >= 4 is 17.2 Å².